The molecule has 3 heterocycles. The van der Waals surface area contributed by atoms with Crippen molar-refractivity contribution in [1.82, 2.24) is 14.7 Å². The van der Waals surface area contributed by atoms with E-state index < -0.39 is 0 Å². The van der Waals surface area contributed by atoms with Crippen LogP contribution in [0.3, 0.4) is 0 Å². The molecule has 136 valence electrons. The second kappa shape index (κ2) is 7.72. The van der Waals surface area contributed by atoms with Gasteiger partial charge in [0.1, 0.15) is 0 Å². The van der Waals surface area contributed by atoms with Crippen LogP contribution in [0.4, 0.5) is 0 Å². The first-order chi connectivity index (χ1) is 12.1. The van der Waals surface area contributed by atoms with Crippen LogP contribution < -0.4 is 0 Å². The number of unbranched alkanes of at least 4 members (excludes halogenated alkanes) is 1. The minimum atomic E-state index is -0.239. The zero-order chi connectivity index (χ0) is 17.8. The summed E-state index contributed by atoms with van der Waals surface area (Å²) in [5.74, 6) is 0.0687. The average molecular weight is 347 g/mol. The molecule has 2 aliphatic rings. The molecule has 7 heteroatoms. The van der Waals surface area contributed by atoms with E-state index in [2.05, 4.69) is 6.92 Å². The van der Waals surface area contributed by atoms with Crippen molar-refractivity contribution in [3.63, 3.8) is 0 Å². The third kappa shape index (κ3) is 3.86. The highest BCUT2D eigenvalue weighted by atomic mass is 16.3. The molecule has 2 saturated heterocycles. The number of amides is 3. The number of hydrogen-bond acceptors (Lipinski definition) is 4. The van der Waals surface area contributed by atoms with Gasteiger partial charge in [0.25, 0.3) is 5.91 Å². The van der Waals surface area contributed by atoms with E-state index in [0.717, 1.165) is 19.4 Å². The molecule has 0 bridgehead atoms. The molecule has 0 aromatic carbocycles. The Labute approximate surface area is 147 Å². The first kappa shape index (κ1) is 17.5. The minimum absolute atomic E-state index is 0.0393. The molecular formula is C18H25N3O4. The van der Waals surface area contributed by atoms with Gasteiger partial charge < -0.3 is 19.1 Å². The number of furan rings is 1. The van der Waals surface area contributed by atoms with E-state index in [0.29, 0.717) is 44.9 Å². The van der Waals surface area contributed by atoms with Gasteiger partial charge in [-0.25, -0.2) is 0 Å². The fourth-order valence-corrected chi connectivity index (χ4v) is 3.45. The van der Waals surface area contributed by atoms with Crippen LogP contribution in [-0.4, -0.2) is 71.7 Å². The third-order valence-corrected chi connectivity index (χ3v) is 4.96. The van der Waals surface area contributed by atoms with E-state index in [4.69, 9.17) is 4.42 Å². The van der Waals surface area contributed by atoms with Gasteiger partial charge in [0.05, 0.1) is 12.2 Å². The molecular weight excluding hydrogens is 322 g/mol. The summed E-state index contributed by atoms with van der Waals surface area (Å²) in [5.41, 5.74) is 0. The van der Waals surface area contributed by atoms with E-state index in [1.807, 2.05) is 4.90 Å². The molecule has 2 fully saturated rings. The van der Waals surface area contributed by atoms with Gasteiger partial charge in [0, 0.05) is 45.7 Å². The average Bonchev–Trinajstić information content (AvgIpc) is 3.29. The lowest BCUT2D eigenvalue weighted by Gasteiger charge is -2.35. The summed E-state index contributed by atoms with van der Waals surface area (Å²) in [6.07, 6.45) is 3.80. The monoisotopic (exact) mass is 347 g/mol. The summed E-state index contributed by atoms with van der Waals surface area (Å²) in [7, 11) is 0. The Morgan fingerprint density at radius 1 is 1.20 bits per heavy atom. The molecule has 25 heavy (non-hydrogen) atoms. The Kier molecular flexibility index (Phi) is 5.40. The first-order valence-electron chi connectivity index (χ1n) is 8.99. The second-order valence-corrected chi connectivity index (χ2v) is 6.69. The lowest BCUT2D eigenvalue weighted by Crippen LogP contribution is -2.52. The van der Waals surface area contributed by atoms with Crippen LogP contribution in [0.2, 0.25) is 0 Å². The van der Waals surface area contributed by atoms with Crippen molar-refractivity contribution < 1.29 is 18.8 Å². The Morgan fingerprint density at radius 2 is 1.92 bits per heavy atom. The van der Waals surface area contributed by atoms with Gasteiger partial charge in [-0.2, -0.15) is 0 Å². The molecule has 0 saturated carbocycles. The molecule has 0 spiro atoms. The van der Waals surface area contributed by atoms with Crippen LogP contribution in [0.1, 0.15) is 36.7 Å². The summed E-state index contributed by atoms with van der Waals surface area (Å²) >= 11 is 0. The molecule has 0 radical (unpaired) electrons. The van der Waals surface area contributed by atoms with Crippen LogP contribution in [-0.2, 0) is 9.59 Å². The highest BCUT2D eigenvalue weighted by molar-refractivity contribution is 5.92. The maximum absolute atomic E-state index is 12.7. The predicted molar refractivity (Wildman–Crippen MR) is 90.8 cm³/mol. The lowest BCUT2D eigenvalue weighted by atomic mass is 10.1. The smallest absolute Gasteiger partial charge is 0.289 e. The standard InChI is InChI=1S/C18H25N3O4/c1-2-3-6-21-13-14(12-16(21)22)17(23)19-7-9-20(10-8-19)18(24)15-5-4-11-25-15/h4-5,11,14H,2-3,6-10,12-13H2,1H3. The molecule has 3 rings (SSSR count). The Balaban J connectivity index is 1.50. The summed E-state index contributed by atoms with van der Waals surface area (Å²) in [6.45, 7) is 5.35. The van der Waals surface area contributed by atoms with Crippen LogP contribution >= 0.6 is 0 Å². The predicted octanol–water partition coefficient (Wildman–Crippen LogP) is 1.21. The Hall–Kier alpha value is -2.31. The Bertz CT molecular complexity index is 620. The van der Waals surface area contributed by atoms with Gasteiger partial charge in [-0.3, -0.25) is 14.4 Å². The highest BCUT2D eigenvalue weighted by Crippen LogP contribution is 2.21. The molecule has 1 atom stereocenters. The van der Waals surface area contributed by atoms with Crippen molar-refractivity contribution in [2.75, 3.05) is 39.3 Å². The van der Waals surface area contributed by atoms with E-state index in [1.54, 1.807) is 21.9 Å². The second-order valence-electron chi connectivity index (χ2n) is 6.69. The van der Waals surface area contributed by atoms with Crippen molar-refractivity contribution in [1.29, 1.82) is 0 Å². The molecule has 2 aliphatic heterocycles. The van der Waals surface area contributed by atoms with E-state index in [1.165, 1.54) is 6.26 Å². The zero-order valence-electron chi connectivity index (χ0n) is 14.6. The summed E-state index contributed by atoms with van der Waals surface area (Å²) in [4.78, 5) is 42.3. The third-order valence-electron chi connectivity index (χ3n) is 4.96. The number of piperazine rings is 1. The maximum atomic E-state index is 12.7. The van der Waals surface area contributed by atoms with Crippen molar-refractivity contribution >= 4 is 17.7 Å². The summed E-state index contributed by atoms with van der Waals surface area (Å²) < 4.78 is 5.15. The largest absolute Gasteiger partial charge is 0.459 e. The number of hydrogen-bond donors (Lipinski definition) is 0. The molecule has 3 amide bonds. The van der Waals surface area contributed by atoms with E-state index in [-0.39, 0.29) is 23.6 Å². The Morgan fingerprint density at radius 3 is 2.56 bits per heavy atom. The van der Waals surface area contributed by atoms with E-state index in [9.17, 15) is 14.4 Å². The number of nitrogens with zero attached hydrogens (tertiary/aromatic N) is 3. The fourth-order valence-electron chi connectivity index (χ4n) is 3.45. The van der Waals surface area contributed by atoms with Crippen LogP contribution in [0.5, 0.6) is 0 Å². The molecule has 0 aliphatic carbocycles. The van der Waals surface area contributed by atoms with Crippen LogP contribution in [0.15, 0.2) is 22.8 Å². The van der Waals surface area contributed by atoms with Gasteiger partial charge >= 0.3 is 0 Å². The van der Waals surface area contributed by atoms with Gasteiger partial charge in [-0.1, -0.05) is 13.3 Å². The van der Waals surface area contributed by atoms with Gasteiger partial charge in [0.15, 0.2) is 5.76 Å². The minimum Gasteiger partial charge on any atom is -0.459 e. The van der Waals surface area contributed by atoms with Gasteiger partial charge in [-0.15, -0.1) is 0 Å². The molecule has 0 N–H and O–H groups in total. The van der Waals surface area contributed by atoms with Gasteiger partial charge in [0.2, 0.25) is 11.8 Å². The molecule has 1 aromatic rings. The van der Waals surface area contributed by atoms with Crippen LogP contribution in [0.25, 0.3) is 0 Å². The number of rotatable bonds is 5. The molecule has 7 nitrogen and oxygen atoms in total. The quantitative estimate of drug-likeness (QED) is 0.802. The zero-order valence-corrected chi connectivity index (χ0v) is 14.6. The summed E-state index contributed by atoms with van der Waals surface area (Å²) in [6, 6.07) is 3.34. The number of likely N-dealkylation sites (tertiary alicyclic amines) is 1. The SMILES string of the molecule is CCCCN1CC(C(=O)N2CCN(C(=O)c3ccco3)CC2)CC1=O. The normalized spacial score (nSPS) is 21.1. The lowest BCUT2D eigenvalue weighted by molar-refractivity contribution is -0.137. The van der Waals surface area contributed by atoms with E-state index >= 15 is 0 Å². The van der Waals surface area contributed by atoms with Crippen molar-refractivity contribution in [3.05, 3.63) is 24.2 Å². The topological polar surface area (TPSA) is 74.1 Å². The fraction of sp³-hybridized carbons (Fsp3) is 0.611. The number of carbonyl (C=O) groups is 3. The van der Waals surface area contributed by atoms with Crippen molar-refractivity contribution in [2.24, 2.45) is 5.92 Å². The number of carbonyl (C=O) groups excluding carboxylic acids is 3. The molecule has 1 aromatic heterocycles. The van der Waals surface area contributed by atoms with Gasteiger partial charge in [-0.05, 0) is 18.6 Å². The first-order valence-corrected chi connectivity index (χ1v) is 8.99. The highest BCUT2D eigenvalue weighted by Gasteiger charge is 2.37. The van der Waals surface area contributed by atoms with Crippen molar-refractivity contribution in [2.45, 2.75) is 26.2 Å². The summed E-state index contributed by atoms with van der Waals surface area (Å²) in [5, 5.41) is 0. The molecule has 1 unspecified atom stereocenters. The van der Waals surface area contributed by atoms with Crippen LogP contribution in [0, 0.1) is 5.92 Å². The van der Waals surface area contributed by atoms with Crippen molar-refractivity contribution in [3.8, 4) is 0 Å². The maximum Gasteiger partial charge on any atom is 0.289 e.